The highest BCUT2D eigenvalue weighted by atomic mass is 32.1. The number of rotatable bonds is 4. The van der Waals surface area contributed by atoms with E-state index in [2.05, 4.69) is 29.4 Å². The van der Waals surface area contributed by atoms with Crippen LogP contribution in [-0.4, -0.2) is 23.0 Å². The Bertz CT molecular complexity index is 839. The molecule has 0 aliphatic carbocycles. The number of nitrogens with zero attached hydrogens (tertiary/aromatic N) is 2. The van der Waals surface area contributed by atoms with Crippen LogP contribution in [0.1, 0.15) is 23.1 Å². The van der Waals surface area contributed by atoms with E-state index in [0.717, 1.165) is 38.5 Å². The fourth-order valence-electron chi connectivity index (χ4n) is 2.67. The molecule has 3 rings (SSSR count). The van der Waals surface area contributed by atoms with Crippen LogP contribution < -0.4 is 5.32 Å². The molecule has 2 aromatic carbocycles. The van der Waals surface area contributed by atoms with Crippen LogP contribution in [0.2, 0.25) is 0 Å². The first-order valence-corrected chi connectivity index (χ1v) is 8.85. The standard InChI is InChI=1S/C19H21N3OS/c1-4-14-9-7-8-13(2)18(14)21-19(23)22(3)12-17-20-15-10-5-6-11-16(15)24-17/h5-11H,4,12H2,1-3H3,(H,21,23). The van der Waals surface area contributed by atoms with Crippen LogP contribution >= 0.6 is 11.3 Å². The number of nitrogens with one attached hydrogen (secondary N) is 1. The minimum Gasteiger partial charge on any atom is -0.321 e. The van der Waals surface area contributed by atoms with Gasteiger partial charge in [-0.15, -0.1) is 11.3 Å². The molecule has 0 atom stereocenters. The Labute approximate surface area is 146 Å². The summed E-state index contributed by atoms with van der Waals surface area (Å²) < 4.78 is 1.15. The minimum absolute atomic E-state index is 0.113. The molecule has 4 nitrogen and oxygen atoms in total. The van der Waals surface area contributed by atoms with Crippen molar-refractivity contribution in [2.24, 2.45) is 0 Å². The van der Waals surface area contributed by atoms with Crippen molar-refractivity contribution in [3.8, 4) is 0 Å². The van der Waals surface area contributed by atoms with E-state index in [-0.39, 0.29) is 6.03 Å². The van der Waals surface area contributed by atoms with Crippen LogP contribution in [0.5, 0.6) is 0 Å². The van der Waals surface area contributed by atoms with E-state index in [4.69, 9.17) is 0 Å². The second-order valence-electron chi connectivity index (χ2n) is 5.82. The summed E-state index contributed by atoms with van der Waals surface area (Å²) in [4.78, 5) is 18.8. The largest absolute Gasteiger partial charge is 0.321 e. The molecule has 0 saturated heterocycles. The summed E-state index contributed by atoms with van der Waals surface area (Å²) in [5.41, 5.74) is 4.13. The predicted octanol–water partition coefficient (Wildman–Crippen LogP) is 4.83. The molecule has 1 heterocycles. The molecule has 0 aliphatic rings. The van der Waals surface area contributed by atoms with Crippen LogP contribution in [0.4, 0.5) is 10.5 Å². The summed E-state index contributed by atoms with van der Waals surface area (Å²) in [7, 11) is 1.80. The molecule has 0 fully saturated rings. The maximum atomic E-state index is 12.5. The first kappa shape index (κ1) is 16.5. The van der Waals surface area contributed by atoms with Gasteiger partial charge >= 0.3 is 6.03 Å². The maximum Gasteiger partial charge on any atom is 0.321 e. The highest BCUT2D eigenvalue weighted by Crippen LogP contribution is 2.24. The summed E-state index contributed by atoms with van der Waals surface area (Å²) in [5.74, 6) is 0. The van der Waals surface area contributed by atoms with E-state index >= 15 is 0 Å². The molecule has 0 unspecified atom stereocenters. The lowest BCUT2D eigenvalue weighted by Gasteiger charge is -2.19. The van der Waals surface area contributed by atoms with Crippen molar-refractivity contribution < 1.29 is 4.79 Å². The third-order valence-electron chi connectivity index (χ3n) is 4.03. The minimum atomic E-state index is -0.113. The molecule has 1 aromatic heterocycles. The Morgan fingerprint density at radius 2 is 2.00 bits per heavy atom. The Balaban J connectivity index is 1.73. The Morgan fingerprint density at radius 1 is 1.21 bits per heavy atom. The summed E-state index contributed by atoms with van der Waals surface area (Å²) in [6.07, 6.45) is 0.888. The molecule has 1 N–H and O–H groups in total. The van der Waals surface area contributed by atoms with Crippen LogP contribution in [-0.2, 0) is 13.0 Å². The van der Waals surface area contributed by atoms with Crippen molar-refractivity contribution in [1.82, 2.24) is 9.88 Å². The number of carbonyl (C=O) groups is 1. The number of aryl methyl sites for hydroxylation is 2. The number of carbonyl (C=O) groups excluding carboxylic acids is 1. The van der Waals surface area contributed by atoms with Crippen molar-refractivity contribution >= 4 is 33.3 Å². The lowest BCUT2D eigenvalue weighted by molar-refractivity contribution is 0.220. The van der Waals surface area contributed by atoms with Gasteiger partial charge in [-0.05, 0) is 36.6 Å². The molecule has 5 heteroatoms. The van der Waals surface area contributed by atoms with Crippen LogP contribution in [0.3, 0.4) is 0 Å². The number of benzene rings is 2. The zero-order valence-electron chi connectivity index (χ0n) is 14.2. The summed E-state index contributed by atoms with van der Waals surface area (Å²) in [6.45, 7) is 4.61. The Morgan fingerprint density at radius 3 is 2.75 bits per heavy atom. The van der Waals surface area contributed by atoms with Gasteiger partial charge in [-0.25, -0.2) is 9.78 Å². The van der Waals surface area contributed by atoms with Crippen molar-refractivity contribution in [2.75, 3.05) is 12.4 Å². The highest BCUT2D eigenvalue weighted by Gasteiger charge is 2.14. The van der Waals surface area contributed by atoms with Gasteiger partial charge in [0.25, 0.3) is 0 Å². The van der Waals surface area contributed by atoms with Crippen LogP contribution in [0.25, 0.3) is 10.2 Å². The van der Waals surface area contributed by atoms with E-state index in [1.807, 2.05) is 37.3 Å². The molecular weight excluding hydrogens is 318 g/mol. The molecule has 2 amide bonds. The van der Waals surface area contributed by atoms with Crippen molar-refractivity contribution in [3.63, 3.8) is 0 Å². The number of aromatic nitrogens is 1. The van der Waals surface area contributed by atoms with Gasteiger partial charge in [-0.2, -0.15) is 0 Å². The van der Waals surface area contributed by atoms with Gasteiger partial charge in [-0.1, -0.05) is 37.3 Å². The van der Waals surface area contributed by atoms with Crippen LogP contribution in [0.15, 0.2) is 42.5 Å². The van der Waals surface area contributed by atoms with Gasteiger partial charge < -0.3 is 10.2 Å². The average Bonchev–Trinajstić information content (AvgIpc) is 2.98. The number of thiazole rings is 1. The molecule has 0 bridgehead atoms. The molecule has 0 spiro atoms. The van der Waals surface area contributed by atoms with E-state index in [9.17, 15) is 4.79 Å². The fraction of sp³-hybridized carbons (Fsp3) is 0.263. The van der Waals surface area contributed by atoms with E-state index in [1.165, 1.54) is 0 Å². The third kappa shape index (κ3) is 3.41. The second-order valence-corrected chi connectivity index (χ2v) is 6.94. The van der Waals surface area contributed by atoms with Gasteiger partial charge in [-0.3, -0.25) is 0 Å². The molecule has 0 radical (unpaired) electrons. The molecule has 124 valence electrons. The van der Waals surface area contributed by atoms with E-state index < -0.39 is 0 Å². The van der Waals surface area contributed by atoms with Crippen molar-refractivity contribution in [1.29, 1.82) is 0 Å². The average molecular weight is 339 g/mol. The first-order valence-electron chi connectivity index (χ1n) is 8.03. The lowest BCUT2D eigenvalue weighted by Crippen LogP contribution is -2.31. The van der Waals surface area contributed by atoms with Gasteiger partial charge in [0, 0.05) is 12.7 Å². The van der Waals surface area contributed by atoms with E-state index in [0.29, 0.717) is 6.54 Å². The number of anilines is 1. The number of urea groups is 1. The summed E-state index contributed by atoms with van der Waals surface area (Å²) in [6, 6.07) is 14.0. The SMILES string of the molecule is CCc1cccc(C)c1NC(=O)N(C)Cc1nc2ccccc2s1. The lowest BCUT2D eigenvalue weighted by atomic mass is 10.1. The molecule has 24 heavy (non-hydrogen) atoms. The molecule has 0 saturated carbocycles. The summed E-state index contributed by atoms with van der Waals surface area (Å²) >= 11 is 1.63. The summed E-state index contributed by atoms with van der Waals surface area (Å²) in [5, 5.41) is 3.99. The van der Waals surface area contributed by atoms with Gasteiger partial charge in [0.15, 0.2) is 0 Å². The second kappa shape index (κ2) is 7.01. The quantitative estimate of drug-likeness (QED) is 0.740. The zero-order valence-corrected chi connectivity index (χ0v) is 15.0. The number of hydrogen-bond donors (Lipinski definition) is 1. The fourth-order valence-corrected chi connectivity index (χ4v) is 3.69. The van der Waals surface area contributed by atoms with Crippen LogP contribution in [0, 0.1) is 6.92 Å². The predicted molar refractivity (Wildman–Crippen MR) is 101 cm³/mol. The molecule has 3 aromatic rings. The number of amides is 2. The zero-order chi connectivity index (χ0) is 17.1. The molecule has 0 aliphatic heterocycles. The van der Waals surface area contributed by atoms with Gasteiger partial charge in [0.1, 0.15) is 5.01 Å². The van der Waals surface area contributed by atoms with Crippen molar-refractivity contribution in [3.05, 3.63) is 58.6 Å². The maximum absolute atomic E-state index is 12.5. The molecular formula is C19H21N3OS. The Kier molecular flexibility index (Phi) is 4.81. The third-order valence-corrected chi connectivity index (χ3v) is 5.05. The normalized spacial score (nSPS) is 10.8. The monoisotopic (exact) mass is 339 g/mol. The number of fused-ring (bicyclic) bond motifs is 1. The highest BCUT2D eigenvalue weighted by molar-refractivity contribution is 7.18. The van der Waals surface area contributed by atoms with Gasteiger partial charge in [0.05, 0.1) is 16.8 Å². The van der Waals surface area contributed by atoms with E-state index in [1.54, 1.807) is 23.3 Å². The topological polar surface area (TPSA) is 45.2 Å². The number of para-hydroxylation sites is 2. The number of hydrogen-bond acceptors (Lipinski definition) is 3. The van der Waals surface area contributed by atoms with Gasteiger partial charge in [0.2, 0.25) is 0 Å². The Hall–Kier alpha value is -2.40. The smallest absolute Gasteiger partial charge is 0.321 e. The van der Waals surface area contributed by atoms with Crippen molar-refractivity contribution in [2.45, 2.75) is 26.8 Å². The first-order chi connectivity index (χ1) is 11.6.